The number of alkyl halides is 1. The molecule has 1 saturated carbocycles. The average molecular weight is 395 g/mol. The van der Waals surface area contributed by atoms with Crippen LogP contribution in [0.25, 0.3) is 0 Å². The standard InChI is InChI=1S/C17H23BrN4O2/c18-14-15(11-5-6-11)20-21-16(14)17(23)19-12-3-1-2-4-13(12)22-7-9-24-10-8-22/h1-4,11,14-16,20-21H,5-10H2,(H,19,23). The lowest BCUT2D eigenvalue weighted by atomic mass is 10.1. The van der Waals surface area contributed by atoms with Crippen molar-refractivity contribution in [2.24, 2.45) is 5.92 Å². The lowest BCUT2D eigenvalue weighted by molar-refractivity contribution is -0.117. The van der Waals surface area contributed by atoms with Crippen LogP contribution in [0, 0.1) is 5.92 Å². The Labute approximate surface area is 150 Å². The maximum Gasteiger partial charge on any atom is 0.244 e. The number of carbonyl (C=O) groups is 1. The maximum absolute atomic E-state index is 12.8. The minimum Gasteiger partial charge on any atom is -0.378 e. The number of benzene rings is 1. The fourth-order valence-corrected chi connectivity index (χ4v) is 4.40. The number of hydrogen-bond acceptors (Lipinski definition) is 5. The second kappa shape index (κ2) is 7.00. The zero-order valence-electron chi connectivity index (χ0n) is 13.5. The highest BCUT2D eigenvalue weighted by Crippen LogP contribution is 2.38. The van der Waals surface area contributed by atoms with Gasteiger partial charge in [0.2, 0.25) is 5.91 Å². The summed E-state index contributed by atoms with van der Waals surface area (Å²) in [5.74, 6) is 0.675. The molecule has 1 aliphatic carbocycles. The molecular weight excluding hydrogens is 372 g/mol. The minimum absolute atomic E-state index is 0.00626. The number of ether oxygens (including phenoxy) is 1. The highest BCUT2D eigenvalue weighted by molar-refractivity contribution is 9.09. The van der Waals surface area contributed by atoms with E-state index in [0.717, 1.165) is 37.7 Å². The quantitative estimate of drug-likeness (QED) is 0.675. The second-order valence-corrected chi connectivity index (χ2v) is 7.74. The predicted molar refractivity (Wildman–Crippen MR) is 97.4 cm³/mol. The molecule has 1 amide bonds. The first-order valence-corrected chi connectivity index (χ1v) is 9.53. The van der Waals surface area contributed by atoms with Crippen LogP contribution >= 0.6 is 15.9 Å². The molecule has 0 spiro atoms. The zero-order chi connectivity index (χ0) is 16.5. The molecule has 3 atom stereocenters. The number of rotatable bonds is 4. The Morgan fingerprint density at radius 1 is 1.21 bits per heavy atom. The average Bonchev–Trinajstić information content (AvgIpc) is 3.38. The van der Waals surface area contributed by atoms with E-state index < -0.39 is 0 Å². The number of hydrazine groups is 1. The summed E-state index contributed by atoms with van der Waals surface area (Å²) in [4.78, 5) is 15.1. The molecule has 24 heavy (non-hydrogen) atoms. The molecule has 3 fully saturated rings. The van der Waals surface area contributed by atoms with Crippen LogP contribution in [0.4, 0.5) is 11.4 Å². The van der Waals surface area contributed by atoms with E-state index in [0.29, 0.717) is 12.0 Å². The molecule has 7 heteroatoms. The topological polar surface area (TPSA) is 65.6 Å². The van der Waals surface area contributed by atoms with Crippen molar-refractivity contribution >= 4 is 33.2 Å². The molecular formula is C17H23BrN4O2. The predicted octanol–water partition coefficient (Wildman–Crippen LogP) is 1.48. The van der Waals surface area contributed by atoms with Crippen LogP contribution in [0.1, 0.15) is 12.8 Å². The van der Waals surface area contributed by atoms with Crippen molar-refractivity contribution in [1.82, 2.24) is 10.9 Å². The third-order valence-electron chi connectivity index (χ3n) is 4.99. The SMILES string of the molecule is O=C(Nc1ccccc1N1CCOCC1)C1NNC(C2CC2)C1Br. The monoisotopic (exact) mass is 394 g/mol. The Bertz CT molecular complexity index is 604. The van der Waals surface area contributed by atoms with Crippen LogP contribution in [-0.4, -0.2) is 49.1 Å². The molecule has 3 aliphatic rings. The first-order valence-electron chi connectivity index (χ1n) is 8.62. The van der Waals surface area contributed by atoms with Crippen molar-refractivity contribution in [3.63, 3.8) is 0 Å². The van der Waals surface area contributed by atoms with Gasteiger partial charge in [-0.15, -0.1) is 0 Å². The number of morpholine rings is 1. The highest BCUT2D eigenvalue weighted by atomic mass is 79.9. The summed E-state index contributed by atoms with van der Waals surface area (Å²) in [6.07, 6.45) is 2.49. The number of para-hydroxylation sites is 2. The van der Waals surface area contributed by atoms with Crippen molar-refractivity contribution in [2.75, 3.05) is 36.5 Å². The summed E-state index contributed by atoms with van der Waals surface area (Å²) in [5, 5.41) is 3.11. The Kier molecular flexibility index (Phi) is 4.76. The summed E-state index contributed by atoms with van der Waals surface area (Å²) < 4.78 is 5.42. The third-order valence-corrected chi connectivity index (χ3v) is 6.09. The fourth-order valence-electron chi connectivity index (χ4n) is 3.47. The summed E-state index contributed by atoms with van der Waals surface area (Å²) in [6.45, 7) is 3.15. The largest absolute Gasteiger partial charge is 0.378 e. The van der Waals surface area contributed by atoms with E-state index in [9.17, 15) is 4.79 Å². The van der Waals surface area contributed by atoms with Crippen LogP contribution in [0.5, 0.6) is 0 Å². The van der Waals surface area contributed by atoms with Gasteiger partial charge in [0.25, 0.3) is 0 Å². The van der Waals surface area contributed by atoms with E-state index in [1.54, 1.807) is 0 Å². The Morgan fingerprint density at radius 2 is 1.96 bits per heavy atom. The van der Waals surface area contributed by atoms with Gasteiger partial charge in [-0.1, -0.05) is 28.1 Å². The van der Waals surface area contributed by atoms with Crippen molar-refractivity contribution in [3.05, 3.63) is 24.3 Å². The molecule has 0 bridgehead atoms. The molecule has 4 rings (SSSR count). The molecule has 6 nitrogen and oxygen atoms in total. The normalized spacial score (nSPS) is 30.4. The van der Waals surface area contributed by atoms with Gasteiger partial charge in [-0.3, -0.25) is 10.2 Å². The Morgan fingerprint density at radius 3 is 2.71 bits per heavy atom. The molecule has 130 valence electrons. The molecule has 2 heterocycles. The van der Waals surface area contributed by atoms with Crippen LogP contribution < -0.4 is 21.1 Å². The minimum atomic E-state index is -0.270. The second-order valence-electron chi connectivity index (χ2n) is 6.68. The Balaban J connectivity index is 1.46. The van der Waals surface area contributed by atoms with Gasteiger partial charge in [0.15, 0.2) is 0 Å². The van der Waals surface area contributed by atoms with Gasteiger partial charge in [0.05, 0.1) is 29.4 Å². The van der Waals surface area contributed by atoms with Crippen LogP contribution in [0.15, 0.2) is 24.3 Å². The molecule has 3 unspecified atom stereocenters. The van der Waals surface area contributed by atoms with E-state index in [1.807, 2.05) is 18.2 Å². The number of nitrogens with one attached hydrogen (secondary N) is 3. The van der Waals surface area contributed by atoms with Crippen LogP contribution in [0.3, 0.4) is 0 Å². The van der Waals surface area contributed by atoms with E-state index >= 15 is 0 Å². The van der Waals surface area contributed by atoms with Crippen molar-refractivity contribution < 1.29 is 9.53 Å². The summed E-state index contributed by atoms with van der Waals surface area (Å²) >= 11 is 3.71. The lowest BCUT2D eigenvalue weighted by Crippen LogP contribution is -2.43. The summed E-state index contributed by atoms with van der Waals surface area (Å²) in [7, 11) is 0. The number of nitrogens with zero attached hydrogens (tertiary/aromatic N) is 1. The summed E-state index contributed by atoms with van der Waals surface area (Å²) in [6, 6.07) is 8.04. The molecule has 3 N–H and O–H groups in total. The zero-order valence-corrected chi connectivity index (χ0v) is 15.1. The van der Waals surface area contributed by atoms with Crippen LogP contribution in [-0.2, 0) is 9.53 Å². The molecule has 2 saturated heterocycles. The summed E-state index contributed by atoms with van der Waals surface area (Å²) in [5.41, 5.74) is 8.35. The maximum atomic E-state index is 12.8. The molecule has 0 radical (unpaired) electrons. The van der Waals surface area contributed by atoms with E-state index in [1.165, 1.54) is 12.8 Å². The third kappa shape index (κ3) is 3.31. The van der Waals surface area contributed by atoms with E-state index in [4.69, 9.17) is 4.74 Å². The van der Waals surface area contributed by atoms with E-state index in [-0.39, 0.29) is 16.8 Å². The van der Waals surface area contributed by atoms with Gasteiger partial charge >= 0.3 is 0 Å². The lowest BCUT2D eigenvalue weighted by Gasteiger charge is -2.30. The van der Waals surface area contributed by atoms with Crippen molar-refractivity contribution in [3.8, 4) is 0 Å². The number of anilines is 2. The molecule has 1 aromatic rings. The number of hydrogen-bond donors (Lipinski definition) is 3. The van der Waals surface area contributed by atoms with E-state index in [2.05, 4.69) is 43.1 Å². The molecule has 1 aromatic carbocycles. The van der Waals surface area contributed by atoms with Crippen molar-refractivity contribution in [1.29, 1.82) is 0 Å². The van der Waals surface area contributed by atoms with Gasteiger partial charge in [-0.25, -0.2) is 5.43 Å². The Hall–Kier alpha value is -1.15. The highest BCUT2D eigenvalue weighted by Gasteiger charge is 2.45. The van der Waals surface area contributed by atoms with Gasteiger partial charge in [0.1, 0.15) is 6.04 Å². The van der Waals surface area contributed by atoms with Gasteiger partial charge in [-0.2, -0.15) is 0 Å². The van der Waals surface area contributed by atoms with Crippen LogP contribution in [0.2, 0.25) is 0 Å². The number of amides is 1. The van der Waals surface area contributed by atoms with Gasteiger partial charge in [0, 0.05) is 19.1 Å². The van der Waals surface area contributed by atoms with Gasteiger partial charge in [-0.05, 0) is 30.9 Å². The van der Waals surface area contributed by atoms with Crippen molar-refractivity contribution in [2.45, 2.75) is 29.8 Å². The first kappa shape index (κ1) is 16.3. The molecule has 0 aromatic heterocycles. The van der Waals surface area contributed by atoms with Gasteiger partial charge < -0.3 is 15.0 Å². The first-order chi connectivity index (χ1) is 11.7. The number of halogens is 1. The number of carbonyl (C=O) groups excluding carboxylic acids is 1. The molecule has 2 aliphatic heterocycles. The smallest absolute Gasteiger partial charge is 0.244 e. The fraction of sp³-hybridized carbons (Fsp3) is 0.588.